The van der Waals surface area contributed by atoms with Crippen molar-refractivity contribution in [1.29, 1.82) is 0 Å². The number of nitrogens with zero attached hydrogens (tertiary/aromatic N) is 1. The monoisotopic (exact) mass is 301 g/mol. The van der Waals surface area contributed by atoms with Crippen LogP contribution >= 0.6 is 11.6 Å². The first kappa shape index (κ1) is 13.5. The Kier molecular flexibility index (Phi) is 3.27. The molecule has 0 radical (unpaired) electrons. The molecule has 0 spiro atoms. The molecule has 0 aliphatic carbocycles. The molecule has 21 heavy (non-hydrogen) atoms. The summed E-state index contributed by atoms with van der Waals surface area (Å²) >= 11 is 5.85. The summed E-state index contributed by atoms with van der Waals surface area (Å²) in [5.41, 5.74) is 8.27. The van der Waals surface area contributed by atoms with Crippen LogP contribution in [-0.4, -0.2) is 10.9 Å². The van der Waals surface area contributed by atoms with Crippen molar-refractivity contribution in [3.63, 3.8) is 0 Å². The van der Waals surface area contributed by atoms with Gasteiger partial charge in [-0.3, -0.25) is 4.79 Å². The maximum atomic E-state index is 12.2. The van der Waals surface area contributed by atoms with Gasteiger partial charge in [0.2, 0.25) is 0 Å². The molecule has 0 atom stereocenters. The molecule has 6 heteroatoms. The topological polar surface area (TPSA) is 81.2 Å². The lowest BCUT2D eigenvalue weighted by Gasteiger charge is -2.04. The fraction of sp³-hybridized carbons (Fsp3) is 0.0667. The molecule has 3 aromatic rings. The lowest BCUT2D eigenvalue weighted by atomic mass is 10.2. The van der Waals surface area contributed by atoms with E-state index in [0.29, 0.717) is 22.1 Å². The van der Waals surface area contributed by atoms with Crippen LogP contribution in [0.15, 0.2) is 40.9 Å². The van der Waals surface area contributed by atoms with Gasteiger partial charge in [-0.05, 0) is 42.8 Å². The molecule has 0 unspecified atom stereocenters. The molecule has 0 fully saturated rings. The van der Waals surface area contributed by atoms with Crippen molar-refractivity contribution >= 4 is 39.9 Å². The Labute approximate surface area is 125 Å². The molecule has 0 aliphatic heterocycles. The number of carbonyl (C=O) groups excluding carboxylic acids is 1. The van der Waals surface area contributed by atoms with E-state index in [-0.39, 0.29) is 11.7 Å². The predicted molar refractivity (Wildman–Crippen MR) is 82.6 cm³/mol. The normalized spacial score (nSPS) is 10.8. The Bertz CT molecular complexity index is 842. The van der Waals surface area contributed by atoms with Crippen LogP contribution < -0.4 is 11.1 Å². The Balaban J connectivity index is 1.87. The van der Waals surface area contributed by atoms with Gasteiger partial charge < -0.3 is 15.5 Å². The molecule has 0 bridgehead atoms. The summed E-state index contributed by atoms with van der Waals surface area (Å²) in [7, 11) is 0. The largest absolute Gasteiger partial charge is 0.451 e. The summed E-state index contributed by atoms with van der Waals surface area (Å²) < 4.78 is 5.50. The van der Waals surface area contributed by atoms with Crippen LogP contribution in [0.5, 0.6) is 0 Å². The molecular weight excluding hydrogens is 290 g/mol. The van der Waals surface area contributed by atoms with Crippen LogP contribution in [0, 0.1) is 6.92 Å². The zero-order valence-electron chi connectivity index (χ0n) is 11.2. The standard InChI is InChI=1S/C15H12ClN3O2/c1-8-4-11(7-18-14(8)16)19-15(20)13-6-9-5-10(17)2-3-12(9)21-13/h2-7H,17H2,1H3,(H,19,20). The number of aromatic nitrogens is 1. The number of carbonyl (C=O) groups is 1. The number of hydrogen-bond acceptors (Lipinski definition) is 4. The number of hydrogen-bond donors (Lipinski definition) is 2. The Hall–Kier alpha value is -2.53. The van der Waals surface area contributed by atoms with Crippen molar-refractivity contribution in [2.24, 2.45) is 0 Å². The summed E-state index contributed by atoms with van der Waals surface area (Å²) in [4.78, 5) is 16.2. The van der Waals surface area contributed by atoms with Crippen LogP contribution in [-0.2, 0) is 0 Å². The summed E-state index contributed by atoms with van der Waals surface area (Å²) in [6.07, 6.45) is 1.49. The van der Waals surface area contributed by atoms with Crippen LogP contribution in [0.3, 0.4) is 0 Å². The number of pyridine rings is 1. The number of rotatable bonds is 2. The summed E-state index contributed by atoms with van der Waals surface area (Å²) in [6, 6.07) is 8.60. The zero-order valence-corrected chi connectivity index (χ0v) is 11.9. The first-order valence-corrected chi connectivity index (χ1v) is 6.63. The van der Waals surface area contributed by atoms with E-state index in [4.69, 9.17) is 21.8 Å². The number of aryl methyl sites for hydroxylation is 1. The van der Waals surface area contributed by atoms with Crippen LogP contribution in [0.25, 0.3) is 11.0 Å². The van der Waals surface area contributed by atoms with Crippen LogP contribution in [0.1, 0.15) is 16.1 Å². The second-order valence-corrected chi connectivity index (χ2v) is 5.05. The number of nitrogen functional groups attached to an aromatic ring is 1. The minimum absolute atomic E-state index is 0.211. The molecule has 0 saturated heterocycles. The Morgan fingerprint density at radius 1 is 1.33 bits per heavy atom. The molecule has 106 valence electrons. The summed E-state index contributed by atoms with van der Waals surface area (Å²) in [5.74, 6) is -0.142. The number of anilines is 2. The van der Waals surface area contributed by atoms with Crippen LogP contribution in [0.4, 0.5) is 11.4 Å². The van der Waals surface area contributed by atoms with Crippen molar-refractivity contribution in [3.8, 4) is 0 Å². The van der Waals surface area contributed by atoms with E-state index in [1.807, 2.05) is 6.92 Å². The third-order valence-corrected chi connectivity index (χ3v) is 3.43. The molecule has 0 saturated carbocycles. The number of amides is 1. The zero-order chi connectivity index (χ0) is 15.0. The number of nitrogens with two attached hydrogens (primary N) is 1. The van der Waals surface area contributed by atoms with Crippen molar-refractivity contribution in [1.82, 2.24) is 4.98 Å². The van der Waals surface area contributed by atoms with Crippen molar-refractivity contribution in [3.05, 3.63) is 53.0 Å². The first-order chi connectivity index (χ1) is 10.0. The van der Waals surface area contributed by atoms with Gasteiger partial charge >= 0.3 is 0 Å². The third kappa shape index (κ3) is 2.68. The fourth-order valence-corrected chi connectivity index (χ4v) is 2.10. The van der Waals surface area contributed by atoms with Gasteiger partial charge in [0.15, 0.2) is 5.76 Å². The minimum Gasteiger partial charge on any atom is -0.451 e. The summed E-state index contributed by atoms with van der Waals surface area (Å²) in [5, 5.41) is 3.91. The molecule has 0 aliphatic rings. The number of nitrogens with one attached hydrogen (secondary N) is 1. The van der Waals surface area contributed by atoms with Gasteiger partial charge in [-0.2, -0.15) is 0 Å². The van der Waals surface area contributed by atoms with Gasteiger partial charge in [-0.25, -0.2) is 4.98 Å². The van der Waals surface area contributed by atoms with Crippen molar-refractivity contribution < 1.29 is 9.21 Å². The number of fused-ring (bicyclic) bond motifs is 1. The van der Waals surface area contributed by atoms with Gasteiger partial charge in [-0.1, -0.05) is 11.6 Å². The smallest absolute Gasteiger partial charge is 0.291 e. The fourth-order valence-electron chi connectivity index (χ4n) is 1.99. The van der Waals surface area contributed by atoms with E-state index in [1.165, 1.54) is 6.20 Å². The van der Waals surface area contributed by atoms with Gasteiger partial charge in [-0.15, -0.1) is 0 Å². The predicted octanol–water partition coefficient (Wildman–Crippen LogP) is 3.62. The lowest BCUT2D eigenvalue weighted by molar-refractivity contribution is 0.0998. The maximum Gasteiger partial charge on any atom is 0.291 e. The minimum atomic E-state index is -0.353. The molecule has 1 aromatic carbocycles. The van der Waals surface area contributed by atoms with E-state index in [2.05, 4.69) is 10.3 Å². The maximum absolute atomic E-state index is 12.2. The Morgan fingerprint density at radius 3 is 2.90 bits per heavy atom. The molecule has 2 heterocycles. The first-order valence-electron chi connectivity index (χ1n) is 6.25. The SMILES string of the molecule is Cc1cc(NC(=O)c2cc3cc(N)ccc3o2)cnc1Cl. The van der Waals surface area contributed by atoms with Crippen LogP contribution in [0.2, 0.25) is 5.15 Å². The second kappa shape index (κ2) is 5.10. The van der Waals surface area contributed by atoms with E-state index >= 15 is 0 Å². The number of furan rings is 1. The molecule has 3 N–H and O–H groups in total. The third-order valence-electron chi connectivity index (χ3n) is 3.04. The number of halogens is 1. The van der Waals surface area contributed by atoms with Gasteiger partial charge in [0.1, 0.15) is 10.7 Å². The molecule has 5 nitrogen and oxygen atoms in total. The highest BCUT2D eigenvalue weighted by Gasteiger charge is 2.13. The van der Waals surface area contributed by atoms with Gasteiger partial charge in [0, 0.05) is 11.1 Å². The van der Waals surface area contributed by atoms with Crippen molar-refractivity contribution in [2.45, 2.75) is 6.92 Å². The number of benzene rings is 1. The van der Waals surface area contributed by atoms with Gasteiger partial charge in [0.05, 0.1) is 11.9 Å². The second-order valence-electron chi connectivity index (χ2n) is 4.69. The average molecular weight is 302 g/mol. The quantitative estimate of drug-likeness (QED) is 0.559. The molecule has 2 aromatic heterocycles. The van der Waals surface area contributed by atoms with E-state index in [9.17, 15) is 4.79 Å². The summed E-state index contributed by atoms with van der Waals surface area (Å²) in [6.45, 7) is 1.81. The van der Waals surface area contributed by atoms with E-state index < -0.39 is 0 Å². The molecular formula is C15H12ClN3O2. The highest BCUT2D eigenvalue weighted by Crippen LogP contribution is 2.23. The van der Waals surface area contributed by atoms with Gasteiger partial charge in [0.25, 0.3) is 5.91 Å². The van der Waals surface area contributed by atoms with E-state index in [1.54, 1.807) is 30.3 Å². The highest BCUT2D eigenvalue weighted by atomic mass is 35.5. The highest BCUT2D eigenvalue weighted by molar-refractivity contribution is 6.30. The Morgan fingerprint density at radius 2 is 2.14 bits per heavy atom. The average Bonchev–Trinajstić information content (AvgIpc) is 2.86. The van der Waals surface area contributed by atoms with Crippen molar-refractivity contribution in [2.75, 3.05) is 11.1 Å². The molecule has 1 amide bonds. The lowest BCUT2D eigenvalue weighted by Crippen LogP contribution is -2.11. The molecule has 3 rings (SSSR count). The van der Waals surface area contributed by atoms with E-state index in [0.717, 1.165) is 10.9 Å².